The lowest BCUT2D eigenvalue weighted by Gasteiger charge is -2.23. The predicted octanol–water partition coefficient (Wildman–Crippen LogP) is 2.59. The van der Waals surface area contributed by atoms with Crippen molar-refractivity contribution in [2.75, 3.05) is 19.8 Å². The van der Waals surface area contributed by atoms with Crippen molar-refractivity contribution in [3.63, 3.8) is 0 Å². The minimum atomic E-state index is -0.0860. The van der Waals surface area contributed by atoms with E-state index in [0.717, 1.165) is 18.9 Å². The molecule has 0 bridgehead atoms. The van der Waals surface area contributed by atoms with Crippen molar-refractivity contribution < 1.29 is 14.2 Å². The summed E-state index contributed by atoms with van der Waals surface area (Å²) in [6.07, 6.45) is 3.72. The summed E-state index contributed by atoms with van der Waals surface area (Å²) in [6, 6.07) is 0. The van der Waals surface area contributed by atoms with Crippen molar-refractivity contribution in [1.82, 2.24) is 0 Å². The Kier molecular flexibility index (Phi) is 6.22. The summed E-state index contributed by atoms with van der Waals surface area (Å²) < 4.78 is 16.8. The molecule has 0 aromatic heterocycles. The maximum atomic E-state index is 5.73. The summed E-state index contributed by atoms with van der Waals surface area (Å²) in [6.45, 7) is 8.23. The van der Waals surface area contributed by atoms with Gasteiger partial charge >= 0.3 is 0 Å². The van der Waals surface area contributed by atoms with Crippen LogP contribution in [-0.4, -0.2) is 32.2 Å². The molecular weight excluding hydrogens is 192 g/mol. The highest BCUT2D eigenvalue weighted by atomic mass is 16.7. The molecule has 90 valence electrons. The van der Waals surface area contributed by atoms with Crippen LogP contribution >= 0.6 is 0 Å². The second-order valence-electron chi connectivity index (χ2n) is 3.91. The Labute approximate surface area is 93.1 Å². The summed E-state index contributed by atoms with van der Waals surface area (Å²) in [7, 11) is 0. The van der Waals surface area contributed by atoms with Gasteiger partial charge in [-0.15, -0.1) is 0 Å². The predicted molar refractivity (Wildman–Crippen MR) is 59.8 cm³/mol. The highest BCUT2D eigenvalue weighted by Crippen LogP contribution is 2.36. The molecular formula is C12H24O3. The van der Waals surface area contributed by atoms with Crippen LogP contribution in [0.15, 0.2) is 0 Å². The monoisotopic (exact) mass is 216 g/mol. The van der Waals surface area contributed by atoms with Crippen LogP contribution in [0.3, 0.4) is 0 Å². The van der Waals surface area contributed by atoms with Crippen LogP contribution in [0.1, 0.15) is 40.0 Å². The van der Waals surface area contributed by atoms with E-state index in [4.69, 9.17) is 14.2 Å². The Bertz CT molecular complexity index is 151. The van der Waals surface area contributed by atoms with E-state index in [0.29, 0.717) is 19.3 Å². The zero-order chi connectivity index (χ0) is 11.1. The first-order chi connectivity index (χ1) is 7.31. The first kappa shape index (κ1) is 12.9. The maximum Gasteiger partial charge on any atom is 0.160 e. The standard InChI is InChI=1S/C12H24O3/c1-4-13-11(10-7-8-10)9-12(14-5-2)15-6-3/h10-12H,4-9H2,1-3H3. The van der Waals surface area contributed by atoms with Crippen LogP contribution in [0, 0.1) is 5.92 Å². The third kappa shape index (κ3) is 4.96. The fourth-order valence-corrected chi connectivity index (χ4v) is 1.82. The lowest BCUT2D eigenvalue weighted by atomic mass is 10.1. The fraction of sp³-hybridized carbons (Fsp3) is 1.00. The normalized spacial score (nSPS) is 18.4. The summed E-state index contributed by atoms with van der Waals surface area (Å²) in [5, 5.41) is 0. The fourth-order valence-electron chi connectivity index (χ4n) is 1.82. The molecule has 0 aromatic rings. The van der Waals surface area contributed by atoms with Crippen LogP contribution < -0.4 is 0 Å². The zero-order valence-corrected chi connectivity index (χ0v) is 10.2. The van der Waals surface area contributed by atoms with Gasteiger partial charge in [-0.25, -0.2) is 0 Å². The molecule has 0 aliphatic heterocycles. The molecule has 1 rings (SSSR count). The average molecular weight is 216 g/mol. The maximum absolute atomic E-state index is 5.73. The van der Waals surface area contributed by atoms with Crippen molar-refractivity contribution in [2.24, 2.45) is 5.92 Å². The van der Waals surface area contributed by atoms with Gasteiger partial charge in [0.05, 0.1) is 6.10 Å². The van der Waals surface area contributed by atoms with Gasteiger partial charge in [0.25, 0.3) is 0 Å². The molecule has 0 radical (unpaired) electrons. The van der Waals surface area contributed by atoms with E-state index in [9.17, 15) is 0 Å². The van der Waals surface area contributed by atoms with Crippen molar-refractivity contribution >= 4 is 0 Å². The number of hydrogen-bond donors (Lipinski definition) is 0. The first-order valence-corrected chi connectivity index (χ1v) is 6.16. The highest BCUT2D eigenvalue weighted by Gasteiger charge is 2.33. The van der Waals surface area contributed by atoms with Crippen LogP contribution in [0.5, 0.6) is 0 Å². The Morgan fingerprint density at radius 1 is 0.933 bits per heavy atom. The van der Waals surface area contributed by atoms with Gasteiger partial charge in [0.1, 0.15) is 0 Å². The second-order valence-corrected chi connectivity index (χ2v) is 3.91. The molecule has 0 amide bonds. The summed E-state index contributed by atoms with van der Waals surface area (Å²) >= 11 is 0. The summed E-state index contributed by atoms with van der Waals surface area (Å²) in [5.74, 6) is 0.744. The molecule has 1 aliphatic carbocycles. The quantitative estimate of drug-likeness (QED) is 0.554. The van der Waals surface area contributed by atoms with E-state index >= 15 is 0 Å². The largest absolute Gasteiger partial charge is 0.378 e. The number of ether oxygens (including phenoxy) is 3. The molecule has 3 heteroatoms. The topological polar surface area (TPSA) is 27.7 Å². The van der Waals surface area contributed by atoms with Crippen molar-refractivity contribution in [3.05, 3.63) is 0 Å². The third-order valence-corrected chi connectivity index (χ3v) is 2.66. The Balaban J connectivity index is 2.30. The van der Waals surface area contributed by atoms with Crippen LogP contribution in [-0.2, 0) is 14.2 Å². The molecule has 0 saturated heterocycles. The minimum Gasteiger partial charge on any atom is -0.378 e. The lowest BCUT2D eigenvalue weighted by molar-refractivity contribution is -0.159. The molecule has 1 saturated carbocycles. The van der Waals surface area contributed by atoms with E-state index in [1.165, 1.54) is 12.8 Å². The van der Waals surface area contributed by atoms with Gasteiger partial charge < -0.3 is 14.2 Å². The smallest absolute Gasteiger partial charge is 0.160 e. The van der Waals surface area contributed by atoms with Gasteiger partial charge in [0.15, 0.2) is 6.29 Å². The molecule has 0 heterocycles. The second kappa shape index (κ2) is 7.20. The van der Waals surface area contributed by atoms with Gasteiger partial charge in [0, 0.05) is 26.2 Å². The minimum absolute atomic E-state index is 0.0860. The molecule has 15 heavy (non-hydrogen) atoms. The summed E-state index contributed by atoms with van der Waals surface area (Å²) in [4.78, 5) is 0. The van der Waals surface area contributed by atoms with E-state index in [1.54, 1.807) is 0 Å². The zero-order valence-electron chi connectivity index (χ0n) is 10.2. The van der Waals surface area contributed by atoms with Gasteiger partial charge in [0.2, 0.25) is 0 Å². The molecule has 3 nitrogen and oxygen atoms in total. The Morgan fingerprint density at radius 3 is 1.87 bits per heavy atom. The molecule has 0 spiro atoms. The molecule has 1 fully saturated rings. The van der Waals surface area contributed by atoms with E-state index in [1.807, 2.05) is 20.8 Å². The van der Waals surface area contributed by atoms with Crippen LogP contribution in [0.4, 0.5) is 0 Å². The van der Waals surface area contributed by atoms with Gasteiger partial charge in [-0.05, 0) is 39.5 Å². The van der Waals surface area contributed by atoms with Crippen molar-refractivity contribution in [1.29, 1.82) is 0 Å². The first-order valence-electron chi connectivity index (χ1n) is 6.16. The highest BCUT2D eigenvalue weighted by molar-refractivity contribution is 4.82. The molecule has 1 aliphatic rings. The van der Waals surface area contributed by atoms with Crippen LogP contribution in [0.25, 0.3) is 0 Å². The van der Waals surface area contributed by atoms with Gasteiger partial charge in [-0.3, -0.25) is 0 Å². The molecule has 1 atom stereocenters. The van der Waals surface area contributed by atoms with E-state index < -0.39 is 0 Å². The number of hydrogen-bond acceptors (Lipinski definition) is 3. The van der Waals surface area contributed by atoms with Crippen molar-refractivity contribution in [2.45, 2.75) is 52.4 Å². The third-order valence-electron chi connectivity index (χ3n) is 2.66. The summed E-state index contributed by atoms with van der Waals surface area (Å²) in [5.41, 5.74) is 0. The number of rotatable bonds is 9. The molecule has 0 N–H and O–H groups in total. The van der Waals surface area contributed by atoms with E-state index in [-0.39, 0.29) is 6.29 Å². The SMILES string of the molecule is CCOC(CC(OCC)C1CC1)OCC. The van der Waals surface area contributed by atoms with Crippen molar-refractivity contribution in [3.8, 4) is 0 Å². The van der Waals surface area contributed by atoms with E-state index in [2.05, 4.69) is 0 Å². The lowest BCUT2D eigenvalue weighted by Crippen LogP contribution is -2.27. The Hall–Kier alpha value is -0.120. The molecule has 0 aromatic carbocycles. The Morgan fingerprint density at radius 2 is 1.47 bits per heavy atom. The van der Waals surface area contributed by atoms with Gasteiger partial charge in [-0.2, -0.15) is 0 Å². The average Bonchev–Trinajstić information content (AvgIpc) is 3.01. The van der Waals surface area contributed by atoms with Gasteiger partial charge in [-0.1, -0.05) is 0 Å². The van der Waals surface area contributed by atoms with Crippen LogP contribution in [0.2, 0.25) is 0 Å². The molecule has 1 unspecified atom stereocenters.